The standard InChI is InChI=1S/C28H31BrClN3O5S/c1-4-15-31-28(35)20(2)32(18-21-7-5-8-22(29)16-21)27(34)19-33(24-10-6-9-23(30)17-24)39(36,37)26-13-11-25(38-3)12-14-26/h5-14,16-17,20H,4,15,18-19H2,1-3H3,(H,31,35)/t20-/m1/s1. The fraction of sp³-hybridized carbons (Fsp3) is 0.286. The highest BCUT2D eigenvalue weighted by molar-refractivity contribution is 9.10. The molecule has 3 aromatic carbocycles. The van der Waals surface area contributed by atoms with Gasteiger partial charge in [-0.3, -0.25) is 13.9 Å². The van der Waals surface area contributed by atoms with Crippen LogP contribution in [0.2, 0.25) is 5.02 Å². The minimum Gasteiger partial charge on any atom is -0.497 e. The lowest BCUT2D eigenvalue weighted by atomic mass is 10.1. The van der Waals surface area contributed by atoms with Crippen molar-refractivity contribution in [2.75, 3.05) is 24.5 Å². The molecule has 11 heteroatoms. The Balaban J connectivity index is 2.02. The lowest BCUT2D eigenvalue weighted by Gasteiger charge is -2.32. The first kappa shape index (κ1) is 30.5. The van der Waals surface area contributed by atoms with Crippen LogP contribution in [0.25, 0.3) is 0 Å². The molecular weight excluding hydrogens is 606 g/mol. The van der Waals surface area contributed by atoms with E-state index in [2.05, 4.69) is 21.2 Å². The third kappa shape index (κ3) is 7.97. The van der Waals surface area contributed by atoms with Gasteiger partial charge in [0.05, 0.1) is 17.7 Å². The minimum absolute atomic E-state index is 0.0247. The molecule has 0 aliphatic carbocycles. The smallest absolute Gasteiger partial charge is 0.264 e. The van der Waals surface area contributed by atoms with Crippen molar-refractivity contribution in [2.24, 2.45) is 0 Å². The SMILES string of the molecule is CCCNC(=O)[C@@H](C)N(Cc1cccc(Br)c1)C(=O)CN(c1cccc(Cl)c1)S(=O)(=O)c1ccc(OC)cc1. The Hall–Kier alpha value is -3.08. The number of anilines is 1. The Morgan fingerprint density at radius 2 is 1.74 bits per heavy atom. The van der Waals surface area contributed by atoms with Crippen LogP contribution < -0.4 is 14.4 Å². The van der Waals surface area contributed by atoms with Crippen molar-refractivity contribution in [3.63, 3.8) is 0 Å². The van der Waals surface area contributed by atoms with Gasteiger partial charge in [0.2, 0.25) is 11.8 Å². The quantitative estimate of drug-likeness (QED) is 0.293. The molecule has 0 saturated carbocycles. The number of amides is 2. The molecule has 0 radical (unpaired) electrons. The van der Waals surface area contributed by atoms with Crippen molar-refractivity contribution in [3.05, 3.63) is 87.9 Å². The molecule has 1 atom stereocenters. The molecular formula is C28H31BrClN3O5S. The molecule has 3 rings (SSSR count). The first-order valence-corrected chi connectivity index (χ1v) is 14.9. The van der Waals surface area contributed by atoms with Crippen molar-refractivity contribution in [1.82, 2.24) is 10.2 Å². The Morgan fingerprint density at radius 1 is 1.05 bits per heavy atom. The molecule has 0 spiro atoms. The number of ether oxygens (including phenoxy) is 1. The number of halogens is 2. The topological polar surface area (TPSA) is 96.0 Å². The Bertz CT molecular complexity index is 1400. The predicted molar refractivity (Wildman–Crippen MR) is 156 cm³/mol. The molecule has 0 fully saturated rings. The normalized spacial score (nSPS) is 11.9. The van der Waals surface area contributed by atoms with Gasteiger partial charge in [0, 0.05) is 22.6 Å². The van der Waals surface area contributed by atoms with Crippen molar-refractivity contribution in [3.8, 4) is 5.75 Å². The molecule has 0 bridgehead atoms. The van der Waals surface area contributed by atoms with Gasteiger partial charge in [-0.05, 0) is 73.5 Å². The van der Waals surface area contributed by atoms with E-state index in [0.29, 0.717) is 17.3 Å². The lowest BCUT2D eigenvalue weighted by molar-refractivity contribution is -0.139. The van der Waals surface area contributed by atoms with E-state index in [-0.39, 0.29) is 23.0 Å². The number of hydrogen-bond donors (Lipinski definition) is 1. The molecule has 39 heavy (non-hydrogen) atoms. The van der Waals surface area contributed by atoms with Crippen LogP contribution in [0.15, 0.2) is 82.2 Å². The number of carbonyl (C=O) groups excluding carboxylic acids is 2. The van der Waals surface area contributed by atoms with Gasteiger partial charge in [-0.15, -0.1) is 0 Å². The molecule has 1 N–H and O–H groups in total. The summed E-state index contributed by atoms with van der Waals surface area (Å²) in [4.78, 5) is 28.1. The van der Waals surface area contributed by atoms with Crippen LogP contribution in [0.1, 0.15) is 25.8 Å². The summed E-state index contributed by atoms with van der Waals surface area (Å²) in [6, 6.07) is 18.7. The molecule has 2 amide bonds. The highest BCUT2D eigenvalue weighted by Crippen LogP contribution is 2.28. The van der Waals surface area contributed by atoms with Gasteiger partial charge in [-0.1, -0.05) is 52.7 Å². The van der Waals surface area contributed by atoms with E-state index in [1.165, 1.54) is 42.3 Å². The molecule has 0 aliphatic heterocycles. The summed E-state index contributed by atoms with van der Waals surface area (Å²) in [5, 5.41) is 3.13. The van der Waals surface area contributed by atoms with Gasteiger partial charge in [0.15, 0.2) is 0 Å². The second kappa shape index (κ2) is 13.8. The zero-order valence-corrected chi connectivity index (χ0v) is 25.1. The highest BCUT2D eigenvalue weighted by atomic mass is 79.9. The summed E-state index contributed by atoms with van der Waals surface area (Å²) in [5.74, 6) is -0.384. The average molecular weight is 637 g/mol. The van der Waals surface area contributed by atoms with Crippen LogP contribution in [-0.4, -0.2) is 51.4 Å². The van der Waals surface area contributed by atoms with Crippen LogP contribution >= 0.6 is 27.5 Å². The fourth-order valence-corrected chi connectivity index (χ4v) is 5.88. The third-order valence-electron chi connectivity index (χ3n) is 5.98. The van der Waals surface area contributed by atoms with Crippen molar-refractivity contribution < 1.29 is 22.7 Å². The maximum atomic E-state index is 13.9. The van der Waals surface area contributed by atoms with Crippen LogP contribution in [0.5, 0.6) is 5.75 Å². The Labute approximate surface area is 243 Å². The van der Waals surface area contributed by atoms with E-state index >= 15 is 0 Å². The number of hydrogen-bond acceptors (Lipinski definition) is 5. The second-order valence-electron chi connectivity index (χ2n) is 8.79. The van der Waals surface area contributed by atoms with Gasteiger partial charge < -0.3 is 15.0 Å². The van der Waals surface area contributed by atoms with Crippen molar-refractivity contribution in [2.45, 2.75) is 37.8 Å². The van der Waals surface area contributed by atoms with E-state index < -0.39 is 28.5 Å². The number of benzene rings is 3. The van der Waals surface area contributed by atoms with E-state index in [4.69, 9.17) is 16.3 Å². The first-order valence-electron chi connectivity index (χ1n) is 12.3. The van der Waals surface area contributed by atoms with Crippen LogP contribution in [-0.2, 0) is 26.2 Å². The summed E-state index contributed by atoms with van der Waals surface area (Å²) in [5.41, 5.74) is 0.998. The molecule has 0 aliphatic rings. The molecule has 0 saturated heterocycles. The van der Waals surface area contributed by atoms with E-state index in [1.54, 1.807) is 25.1 Å². The zero-order valence-electron chi connectivity index (χ0n) is 21.9. The average Bonchev–Trinajstić information content (AvgIpc) is 2.92. The summed E-state index contributed by atoms with van der Waals surface area (Å²) in [6.45, 7) is 3.58. The van der Waals surface area contributed by atoms with Crippen LogP contribution in [0, 0.1) is 0 Å². The summed E-state index contributed by atoms with van der Waals surface area (Å²) < 4.78 is 34.6. The third-order valence-corrected chi connectivity index (χ3v) is 8.50. The summed E-state index contributed by atoms with van der Waals surface area (Å²) >= 11 is 9.63. The number of nitrogens with one attached hydrogen (secondary N) is 1. The van der Waals surface area contributed by atoms with Gasteiger partial charge >= 0.3 is 0 Å². The molecule has 3 aromatic rings. The molecule has 208 valence electrons. The lowest BCUT2D eigenvalue weighted by Crippen LogP contribution is -2.51. The van der Waals surface area contributed by atoms with Gasteiger partial charge in [-0.25, -0.2) is 8.42 Å². The predicted octanol–water partition coefficient (Wildman–Crippen LogP) is 5.25. The van der Waals surface area contributed by atoms with Crippen molar-refractivity contribution >= 4 is 55.1 Å². The number of sulfonamides is 1. The second-order valence-corrected chi connectivity index (χ2v) is 12.0. The zero-order chi connectivity index (χ0) is 28.6. The number of nitrogens with zero attached hydrogens (tertiary/aromatic N) is 2. The fourth-order valence-electron chi connectivity index (χ4n) is 3.85. The van der Waals surface area contributed by atoms with Gasteiger partial charge in [0.25, 0.3) is 10.0 Å². The van der Waals surface area contributed by atoms with Crippen LogP contribution in [0.3, 0.4) is 0 Å². The molecule has 8 nitrogen and oxygen atoms in total. The minimum atomic E-state index is -4.20. The summed E-state index contributed by atoms with van der Waals surface area (Å²) in [7, 11) is -2.72. The number of rotatable bonds is 12. The van der Waals surface area contributed by atoms with E-state index in [9.17, 15) is 18.0 Å². The van der Waals surface area contributed by atoms with Crippen molar-refractivity contribution in [1.29, 1.82) is 0 Å². The monoisotopic (exact) mass is 635 g/mol. The van der Waals surface area contributed by atoms with Crippen LogP contribution in [0.4, 0.5) is 5.69 Å². The Kier molecular flexibility index (Phi) is 10.8. The highest BCUT2D eigenvalue weighted by Gasteiger charge is 2.32. The Morgan fingerprint density at radius 3 is 2.36 bits per heavy atom. The maximum Gasteiger partial charge on any atom is 0.264 e. The number of methoxy groups -OCH3 is 1. The number of carbonyl (C=O) groups is 2. The maximum absolute atomic E-state index is 13.9. The largest absolute Gasteiger partial charge is 0.497 e. The van der Waals surface area contributed by atoms with E-state index in [1.807, 2.05) is 31.2 Å². The van der Waals surface area contributed by atoms with E-state index in [0.717, 1.165) is 20.8 Å². The molecule has 0 heterocycles. The van der Waals surface area contributed by atoms with Gasteiger partial charge in [-0.2, -0.15) is 0 Å². The molecule has 0 aromatic heterocycles. The molecule has 0 unspecified atom stereocenters. The summed E-state index contributed by atoms with van der Waals surface area (Å²) in [6.07, 6.45) is 0.737. The first-order chi connectivity index (χ1) is 18.6. The van der Waals surface area contributed by atoms with Gasteiger partial charge in [0.1, 0.15) is 18.3 Å².